The largest absolute Gasteiger partial charge is 0.396 e. The van der Waals surface area contributed by atoms with E-state index < -0.39 is 7.59 Å². The Hall–Kier alpha value is 0.920. The Balaban J connectivity index is 3.21. The highest BCUT2D eigenvalue weighted by atomic mass is 35.6. The molecule has 0 radical (unpaired) electrons. The third-order valence-electron chi connectivity index (χ3n) is 2.35. The molecular weight excluding hydrogens is 361 g/mol. The van der Waals surface area contributed by atoms with Crippen molar-refractivity contribution in [3.8, 4) is 0 Å². The minimum absolute atomic E-state index is 0.0610. The van der Waals surface area contributed by atoms with Crippen molar-refractivity contribution in [2.24, 2.45) is 0 Å². The van der Waals surface area contributed by atoms with Crippen molar-refractivity contribution < 1.29 is 5.11 Å². The SMILES string of the molecule is OCCCc1ccc(C(Cl)(Cl)Cl)cc1C(Cl)(Cl)Cl. The van der Waals surface area contributed by atoms with Crippen LogP contribution in [-0.4, -0.2) is 11.7 Å². The lowest BCUT2D eigenvalue weighted by Gasteiger charge is -2.20. The summed E-state index contributed by atoms with van der Waals surface area (Å²) >= 11 is 35.1. The van der Waals surface area contributed by atoms with Gasteiger partial charge in [0, 0.05) is 17.7 Å². The van der Waals surface area contributed by atoms with Gasteiger partial charge in [-0.1, -0.05) is 81.7 Å². The van der Waals surface area contributed by atoms with Crippen molar-refractivity contribution in [2.45, 2.75) is 20.4 Å². The fourth-order valence-electron chi connectivity index (χ4n) is 1.50. The Bertz CT molecular complexity index is 407. The maximum atomic E-state index is 8.84. The molecule has 1 N–H and O–H groups in total. The zero-order valence-corrected chi connectivity index (χ0v) is 13.6. The monoisotopic (exact) mass is 368 g/mol. The molecule has 0 aliphatic rings. The number of aliphatic hydroxyl groups is 1. The van der Waals surface area contributed by atoms with Gasteiger partial charge in [0.1, 0.15) is 0 Å². The third-order valence-corrected chi connectivity index (χ3v) is 3.61. The molecule has 0 fully saturated rings. The Morgan fingerprint density at radius 3 is 2.00 bits per heavy atom. The molecule has 1 aromatic rings. The summed E-state index contributed by atoms with van der Waals surface area (Å²) in [5, 5.41) is 8.84. The number of rotatable bonds is 3. The number of hydrogen-bond acceptors (Lipinski definition) is 1. The van der Waals surface area contributed by atoms with Gasteiger partial charge in [-0.2, -0.15) is 0 Å². The van der Waals surface area contributed by atoms with Gasteiger partial charge in [0.2, 0.25) is 7.59 Å². The van der Waals surface area contributed by atoms with E-state index in [9.17, 15) is 0 Å². The summed E-state index contributed by atoms with van der Waals surface area (Å²) in [7, 11) is 0. The molecule has 0 amide bonds. The summed E-state index contributed by atoms with van der Waals surface area (Å²) in [4.78, 5) is 0. The first kappa shape index (κ1) is 17.0. The molecular formula is C11H10Cl6O. The van der Waals surface area contributed by atoms with Crippen LogP contribution in [-0.2, 0) is 14.0 Å². The Morgan fingerprint density at radius 1 is 0.944 bits per heavy atom. The lowest BCUT2D eigenvalue weighted by Crippen LogP contribution is -2.10. The molecule has 0 saturated heterocycles. The zero-order chi connectivity index (χ0) is 14.0. The quantitative estimate of drug-likeness (QED) is 0.719. The topological polar surface area (TPSA) is 20.2 Å². The smallest absolute Gasteiger partial charge is 0.216 e. The van der Waals surface area contributed by atoms with Crippen molar-refractivity contribution in [1.29, 1.82) is 0 Å². The summed E-state index contributed by atoms with van der Waals surface area (Å²) in [6, 6.07) is 4.97. The average molecular weight is 371 g/mol. The van der Waals surface area contributed by atoms with E-state index in [0.717, 1.165) is 5.56 Å². The molecule has 0 saturated carbocycles. The zero-order valence-electron chi connectivity index (χ0n) is 9.07. The van der Waals surface area contributed by atoms with Gasteiger partial charge in [-0.15, -0.1) is 0 Å². The van der Waals surface area contributed by atoms with Gasteiger partial charge in [0.25, 0.3) is 0 Å². The van der Waals surface area contributed by atoms with E-state index in [-0.39, 0.29) is 6.61 Å². The minimum Gasteiger partial charge on any atom is -0.396 e. The van der Waals surface area contributed by atoms with E-state index in [1.54, 1.807) is 18.2 Å². The highest BCUT2D eigenvalue weighted by Crippen LogP contribution is 2.44. The van der Waals surface area contributed by atoms with Crippen LogP contribution in [0.25, 0.3) is 0 Å². The lowest BCUT2D eigenvalue weighted by molar-refractivity contribution is 0.288. The van der Waals surface area contributed by atoms with Gasteiger partial charge in [-0.05, 0) is 24.5 Å². The number of halogens is 6. The van der Waals surface area contributed by atoms with E-state index in [0.29, 0.717) is 24.0 Å². The highest BCUT2D eigenvalue weighted by Gasteiger charge is 2.30. The van der Waals surface area contributed by atoms with Crippen LogP contribution >= 0.6 is 69.6 Å². The van der Waals surface area contributed by atoms with Crippen LogP contribution in [0.4, 0.5) is 0 Å². The second-order valence-electron chi connectivity index (χ2n) is 3.69. The van der Waals surface area contributed by atoms with E-state index >= 15 is 0 Å². The van der Waals surface area contributed by atoms with Gasteiger partial charge in [-0.25, -0.2) is 0 Å². The van der Waals surface area contributed by atoms with Crippen molar-refractivity contribution in [3.05, 3.63) is 34.9 Å². The van der Waals surface area contributed by atoms with Gasteiger partial charge in [0.15, 0.2) is 0 Å². The molecule has 0 spiro atoms. The summed E-state index contributed by atoms with van der Waals surface area (Å²) < 4.78 is -3.17. The molecule has 1 nitrogen and oxygen atoms in total. The van der Waals surface area contributed by atoms with Crippen LogP contribution in [0.15, 0.2) is 18.2 Å². The van der Waals surface area contributed by atoms with Crippen molar-refractivity contribution in [1.82, 2.24) is 0 Å². The van der Waals surface area contributed by atoms with Gasteiger partial charge >= 0.3 is 0 Å². The Kier molecular flexibility index (Phi) is 6.21. The van der Waals surface area contributed by atoms with Crippen molar-refractivity contribution >= 4 is 69.6 Å². The van der Waals surface area contributed by atoms with Crippen molar-refractivity contribution in [3.63, 3.8) is 0 Å². The summed E-state index contributed by atoms with van der Waals surface area (Å²) in [5.74, 6) is 0. The van der Waals surface area contributed by atoms with E-state index in [1.807, 2.05) is 0 Å². The van der Waals surface area contributed by atoms with Gasteiger partial charge in [-0.3, -0.25) is 0 Å². The van der Waals surface area contributed by atoms with Crippen LogP contribution < -0.4 is 0 Å². The van der Waals surface area contributed by atoms with Crippen LogP contribution in [0.3, 0.4) is 0 Å². The molecule has 0 aromatic heterocycles. The molecule has 0 aliphatic heterocycles. The Morgan fingerprint density at radius 2 is 1.56 bits per heavy atom. The highest BCUT2D eigenvalue weighted by molar-refractivity contribution is 6.67. The molecule has 7 heteroatoms. The summed E-state index contributed by atoms with van der Waals surface area (Å²) in [6.07, 6.45) is 1.15. The predicted molar refractivity (Wildman–Crippen MR) is 80.3 cm³/mol. The maximum absolute atomic E-state index is 8.84. The molecule has 0 heterocycles. The number of aryl methyl sites for hydroxylation is 1. The normalized spacial score (nSPS) is 12.8. The van der Waals surface area contributed by atoms with Crippen LogP contribution in [0, 0.1) is 0 Å². The average Bonchev–Trinajstić information content (AvgIpc) is 2.23. The first-order valence-electron chi connectivity index (χ1n) is 5.04. The Labute approximate surface area is 136 Å². The molecule has 0 bridgehead atoms. The fraction of sp³-hybridized carbons (Fsp3) is 0.455. The minimum atomic E-state index is -1.60. The first-order valence-corrected chi connectivity index (χ1v) is 7.31. The molecule has 1 rings (SSSR count). The van der Waals surface area contributed by atoms with E-state index in [1.165, 1.54) is 0 Å². The predicted octanol–water partition coefficient (Wildman–Crippen LogP) is 5.26. The molecule has 102 valence electrons. The maximum Gasteiger partial charge on any atom is 0.216 e. The molecule has 0 aliphatic carbocycles. The number of alkyl halides is 6. The van der Waals surface area contributed by atoms with Crippen LogP contribution in [0.2, 0.25) is 0 Å². The number of benzene rings is 1. The molecule has 0 atom stereocenters. The lowest BCUT2D eigenvalue weighted by atomic mass is 10.0. The fourth-order valence-corrected chi connectivity index (χ4v) is 2.38. The summed E-state index contributed by atoms with van der Waals surface area (Å²) in [6.45, 7) is 0.0610. The van der Waals surface area contributed by atoms with Crippen LogP contribution in [0.5, 0.6) is 0 Å². The third kappa shape index (κ3) is 4.79. The van der Waals surface area contributed by atoms with E-state index in [4.69, 9.17) is 74.7 Å². The standard InChI is InChI=1S/C11H10Cl6O/c12-10(13,14)8-4-3-7(2-1-5-18)9(6-8)11(15,16)17/h3-4,6,18H,1-2,5H2. The van der Waals surface area contributed by atoms with Crippen molar-refractivity contribution in [2.75, 3.05) is 6.61 Å². The number of aliphatic hydroxyl groups excluding tert-OH is 1. The van der Waals surface area contributed by atoms with Gasteiger partial charge < -0.3 is 5.11 Å². The first-order chi connectivity index (χ1) is 8.16. The number of hydrogen-bond donors (Lipinski definition) is 1. The molecule has 1 aromatic carbocycles. The van der Waals surface area contributed by atoms with Crippen LogP contribution in [0.1, 0.15) is 23.1 Å². The summed E-state index contributed by atoms with van der Waals surface area (Å²) in [5.41, 5.74) is 1.70. The second kappa shape index (κ2) is 6.58. The molecule has 18 heavy (non-hydrogen) atoms. The second-order valence-corrected chi connectivity index (χ2v) is 8.26. The van der Waals surface area contributed by atoms with Gasteiger partial charge in [0.05, 0.1) is 0 Å². The van der Waals surface area contributed by atoms with E-state index in [2.05, 4.69) is 0 Å². The molecule has 0 unspecified atom stereocenters.